The van der Waals surface area contributed by atoms with Crippen LogP contribution in [0.25, 0.3) is 0 Å². The maximum atomic E-state index is 12.2. The van der Waals surface area contributed by atoms with Crippen molar-refractivity contribution in [2.24, 2.45) is 0 Å². The lowest BCUT2D eigenvalue weighted by atomic mass is 10.1. The van der Waals surface area contributed by atoms with Crippen LogP contribution >= 0.6 is 22.6 Å². The molecule has 1 aromatic carbocycles. The number of carbonyl (C=O) groups is 2. The van der Waals surface area contributed by atoms with Crippen molar-refractivity contribution >= 4 is 34.2 Å². The molecule has 0 aliphatic carbocycles. The Bertz CT molecular complexity index is 686. The predicted molar refractivity (Wildman–Crippen MR) is 89.3 cm³/mol. The lowest BCUT2D eigenvalue weighted by molar-refractivity contribution is 0.0916. The maximum absolute atomic E-state index is 12.2. The Morgan fingerprint density at radius 1 is 1.19 bits per heavy atom. The summed E-state index contributed by atoms with van der Waals surface area (Å²) in [4.78, 5) is 26.8. The van der Waals surface area contributed by atoms with Crippen LogP contribution in [-0.2, 0) is 0 Å². The van der Waals surface area contributed by atoms with Crippen LogP contribution < -0.4 is 4.74 Å². The van der Waals surface area contributed by atoms with Crippen molar-refractivity contribution < 1.29 is 14.3 Å². The molecule has 0 amide bonds. The summed E-state index contributed by atoms with van der Waals surface area (Å²) in [6.07, 6.45) is 0. The third kappa shape index (κ3) is 3.53. The molecule has 0 saturated carbocycles. The second kappa shape index (κ2) is 6.43. The summed E-state index contributed by atoms with van der Waals surface area (Å²) in [6.45, 7) is 5.01. The zero-order valence-electron chi connectivity index (χ0n) is 12.1. The molecular formula is C16H16INO3. The highest BCUT2D eigenvalue weighted by Gasteiger charge is 2.19. The zero-order chi connectivity index (χ0) is 15.6. The van der Waals surface area contributed by atoms with Gasteiger partial charge in [0, 0.05) is 14.8 Å². The molecule has 0 atom stereocenters. The standard InChI is InChI=1S/C16H16INO3/c1-9-15(11(3)19)10(2)18-16(9)14(20)8-21-13-6-4-12(17)5-7-13/h4-7,18H,8H2,1-3H3. The Morgan fingerprint density at radius 3 is 2.33 bits per heavy atom. The fourth-order valence-electron chi connectivity index (χ4n) is 2.31. The van der Waals surface area contributed by atoms with E-state index >= 15 is 0 Å². The summed E-state index contributed by atoms with van der Waals surface area (Å²) in [7, 11) is 0. The average molecular weight is 397 g/mol. The molecule has 0 aliphatic rings. The van der Waals surface area contributed by atoms with Gasteiger partial charge in [0.1, 0.15) is 5.75 Å². The van der Waals surface area contributed by atoms with Crippen LogP contribution in [0.4, 0.5) is 0 Å². The molecule has 21 heavy (non-hydrogen) atoms. The van der Waals surface area contributed by atoms with E-state index in [4.69, 9.17) is 4.74 Å². The van der Waals surface area contributed by atoms with E-state index in [1.165, 1.54) is 6.92 Å². The van der Waals surface area contributed by atoms with E-state index in [1.54, 1.807) is 13.8 Å². The fraction of sp³-hybridized carbons (Fsp3) is 0.250. The molecule has 0 aliphatic heterocycles. The van der Waals surface area contributed by atoms with Crippen molar-refractivity contribution in [1.29, 1.82) is 0 Å². The molecule has 0 spiro atoms. The quantitative estimate of drug-likeness (QED) is 0.619. The molecule has 0 unspecified atom stereocenters. The van der Waals surface area contributed by atoms with Crippen molar-refractivity contribution in [3.05, 3.63) is 50.4 Å². The van der Waals surface area contributed by atoms with Crippen LogP contribution in [0.3, 0.4) is 0 Å². The van der Waals surface area contributed by atoms with Gasteiger partial charge in [0.05, 0.1) is 5.69 Å². The van der Waals surface area contributed by atoms with Crippen molar-refractivity contribution in [2.45, 2.75) is 20.8 Å². The summed E-state index contributed by atoms with van der Waals surface area (Å²) < 4.78 is 6.59. The van der Waals surface area contributed by atoms with Gasteiger partial charge in [-0.05, 0) is 73.2 Å². The minimum Gasteiger partial charge on any atom is -0.485 e. The number of rotatable bonds is 5. The Balaban J connectivity index is 2.12. The monoisotopic (exact) mass is 397 g/mol. The smallest absolute Gasteiger partial charge is 0.216 e. The van der Waals surface area contributed by atoms with Crippen molar-refractivity contribution in [1.82, 2.24) is 4.98 Å². The van der Waals surface area contributed by atoms with Crippen molar-refractivity contribution in [3.63, 3.8) is 0 Å². The van der Waals surface area contributed by atoms with E-state index in [9.17, 15) is 9.59 Å². The van der Waals surface area contributed by atoms with Crippen LogP contribution in [0.2, 0.25) is 0 Å². The first-order valence-electron chi connectivity index (χ1n) is 6.51. The summed E-state index contributed by atoms with van der Waals surface area (Å²) in [5.74, 6) is 0.442. The van der Waals surface area contributed by atoms with Gasteiger partial charge in [-0.15, -0.1) is 0 Å². The summed E-state index contributed by atoms with van der Waals surface area (Å²) in [5, 5.41) is 0. The number of benzene rings is 1. The molecule has 2 rings (SSSR count). The number of hydrogen-bond acceptors (Lipinski definition) is 3. The minimum atomic E-state index is -0.165. The normalized spacial score (nSPS) is 10.5. The van der Waals surface area contributed by atoms with E-state index in [2.05, 4.69) is 27.6 Å². The molecule has 0 bridgehead atoms. The van der Waals surface area contributed by atoms with Crippen LogP contribution in [0.15, 0.2) is 24.3 Å². The predicted octanol–water partition coefficient (Wildman–Crippen LogP) is 3.70. The van der Waals surface area contributed by atoms with Gasteiger partial charge in [0.2, 0.25) is 5.78 Å². The number of aromatic amines is 1. The Hall–Kier alpha value is -1.63. The largest absolute Gasteiger partial charge is 0.485 e. The third-order valence-corrected chi connectivity index (χ3v) is 3.97. The number of halogens is 1. The molecule has 5 heteroatoms. The molecular weight excluding hydrogens is 381 g/mol. The Labute approximate surface area is 137 Å². The van der Waals surface area contributed by atoms with Gasteiger partial charge in [-0.1, -0.05) is 0 Å². The minimum absolute atomic E-state index is 0.0427. The Kier molecular flexibility index (Phi) is 4.82. The second-order valence-corrected chi connectivity index (χ2v) is 6.09. The molecule has 2 aromatic rings. The molecule has 1 N–H and O–H groups in total. The van der Waals surface area contributed by atoms with Gasteiger partial charge in [0.15, 0.2) is 12.4 Å². The number of hydrogen-bond donors (Lipinski definition) is 1. The SMILES string of the molecule is CC(=O)c1c(C)[nH]c(C(=O)COc2ccc(I)cc2)c1C. The van der Waals surface area contributed by atoms with Crippen molar-refractivity contribution in [2.75, 3.05) is 6.61 Å². The van der Waals surface area contributed by atoms with Gasteiger partial charge >= 0.3 is 0 Å². The van der Waals surface area contributed by atoms with Crippen LogP contribution in [0.1, 0.15) is 39.0 Å². The average Bonchev–Trinajstić information content (AvgIpc) is 2.73. The lowest BCUT2D eigenvalue weighted by Gasteiger charge is -2.05. The number of nitrogens with one attached hydrogen (secondary N) is 1. The van der Waals surface area contributed by atoms with Crippen molar-refractivity contribution in [3.8, 4) is 5.75 Å². The summed E-state index contributed by atoms with van der Waals surface area (Å²) in [6, 6.07) is 7.47. The maximum Gasteiger partial charge on any atom is 0.216 e. The zero-order valence-corrected chi connectivity index (χ0v) is 14.3. The highest BCUT2D eigenvalue weighted by Crippen LogP contribution is 2.19. The summed E-state index contributed by atoms with van der Waals surface area (Å²) in [5.41, 5.74) is 2.45. The molecule has 1 aromatic heterocycles. The van der Waals surface area contributed by atoms with Gasteiger partial charge < -0.3 is 9.72 Å². The molecule has 0 saturated heterocycles. The molecule has 0 radical (unpaired) electrons. The lowest BCUT2D eigenvalue weighted by Crippen LogP contribution is -2.13. The van der Waals surface area contributed by atoms with Gasteiger partial charge in [-0.3, -0.25) is 9.59 Å². The number of H-pyrrole nitrogens is 1. The highest BCUT2D eigenvalue weighted by atomic mass is 127. The number of ether oxygens (including phenoxy) is 1. The number of ketones is 2. The first kappa shape index (κ1) is 15.8. The topological polar surface area (TPSA) is 59.2 Å². The van der Waals surface area contributed by atoms with E-state index in [0.717, 1.165) is 9.26 Å². The van der Waals surface area contributed by atoms with Gasteiger partial charge in [0.25, 0.3) is 0 Å². The number of aryl methyl sites for hydroxylation is 1. The molecule has 1 heterocycles. The van der Waals surface area contributed by atoms with E-state index < -0.39 is 0 Å². The Morgan fingerprint density at radius 2 is 1.81 bits per heavy atom. The number of Topliss-reactive ketones (excluding diaryl/α,β-unsaturated/α-hetero) is 2. The molecule has 110 valence electrons. The van der Waals surface area contributed by atoms with E-state index in [1.807, 2.05) is 24.3 Å². The first-order valence-corrected chi connectivity index (χ1v) is 7.59. The second-order valence-electron chi connectivity index (χ2n) is 4.85. The first-order chi connectivity index (χ1) is 9.90. The van der Waals surface area contributed by atoms with Crippen LogP contribution in [-0.4, -0.2) is 23.2 Å². The number of carbonyl (C=O) groups excluding carboxylic acids is 2. The molecule has 0 fully saturated rings. The van der Waals surface area contributed by atoms with E-state index in [0.29, 0.717) is 22.6 Å². The third-order valence-electron chi connectivity index (χ3n) is 3.25. The number of aromatic nitrogens is 1. The summed E-state index contributed by atoms with van der Waals surface area (Å²) >= 11 is 2.20. The highest BCUT2D eigenvalue weighted by molar-refractivity contribution is 14.1. The van der Waals surface area contributed by atoms with Gasteiger partial charge in [-0.25, -0.2) is 0 Å². The van der Waals surface area contributed by atoms with Crippen LogP contribution in [0, 0.1) is 17.4 Å². The van der Waals surface area contributed by atoms with Gasteiger partial charge in [-0.2, -0.15) is 0 Å². The van der Waals surface area contributed by atoms with Crippen LogP contribution in [0.5, 0.6) is 5.75 Å². The fourth-order valence-corrected chi connectivity index (χ4v) is 2.67. The molecule has 4 nitrogen and oxygen atoms in total. The van der Waals surface area contributed by atoms with E-state index in [-0.39, 0.29) is 18.2 Å².